The summed E-state index contributed by atoms with van der Waals surface area (Å²) in [6, 6.07) is 11.9. The van der Waals surface area contributed by atoms with Crippen LogP contribution in [-0.4, -0.2) is 42.0 Å². The Labute approximate surface area is 139 Å². The Bertz CT molecular complexity index is 748. The van der Waals surface area contributed by atoms with Crippen LogP contribution in [0.5, 0.6) is 5.75 Å². The minimum Gasteiger partial charge on any atom is -0.497 e. The van der Waals surface area contributed by atoms with Gasteiger partial charge in [-0.2, -0.15) is 0 Å². The minimum atomic E-state index is -0.129. The van der Waals surface area contributed by atoms with Gasteiger partial charge in [0.15, 0.2) is 0 Å². The normalized spacial score (nSPS) is 14.3. The molecule has 0 spiro atoms. The lowest BCUT2D eigenvalue weighted by atomic mass is 10.1. The second-order valence-electron chi connectivity index (χ2n) is 5.39. The molecule has 3 rings (SSSR count). The summed E-state index contributed by atoms with van der Waals surface area (Å²) in [7, 11) is 1.65. The van der Waals surface area contributed by atoms with E-state index in [9.17, 15) is 9.59 Å². The van der Waals surface area contributed by atoms with Crippen molar-refractivity contribution in [1.29, 1.82) is 0 Å². The standard InChI is InChI=1S/C17H18N2O3S/c1-22-15-5-4-13-6-12(2-3-14(13)7-15)8-18-16(20)9-19-11-23-10-17(19)21/h2-7H,8-11H2,1H3,(H,18,20). The summed E-state index contributed by atoms with van der Waals surface area (Å²) in [5.41, 5.74) is 1.03. The number of hydrogen-bond donors (Lipinski definition) is 1. The summed E-state index contributed by atoms with van der Waals surface area (Å²) in [6.07, 6.45) is 0. The zero-order valence-electron chi connectivity index (χ0n) is 12.9. The first kappa shape index (κ1) is 15.7. The van der Waals surface area contributed by atoms with Gasteiger partial charge in [0.05, 0.1) is 18.7 Å². The van der Waals surface area contributed by atoms with Gasteiger partial charge < -0.3 is 15.0 Å². The van der Waals surface area contributed by atoms with E-state index in [2.05, 4.69) is 5.32 Å². The molecule has 0 unspecified atom stereocenters. The molecule has 2 aromatic rings. The van der Waals surface area contributed by atoms with Crippen LogP contribution < -0.4 is 10.1 Å². The Morgan fingerprint density at radius 3 is 2.78 bits per heavy atom. The van der Waals surface area contributed by atoms with E-state index >= 15 is 0 Å². The topological polar surface area (TPSA) is 58.6 Å². The maximum Gasteiger partial charge on any atom is 0.239 e. The van der Waals surface area contributed by atoms with E-state index in [-0.39, 0.29) is 18.4 Å². The van der Waals surface area contributed by atoms with Crippen LogP contribution in [-0.2, 0) is 16.1 Å². The Morgan fingerprint density at radius 1 is 1.26 bits per heavy atom. The fourth-order valence-electron chi connectivity index (χ4n) is 2.48. The molecule has 23 heavy (non-hydrogen) atoms. The molecule has 2 amide bonds. The number of carbonyl (C=O) groups excluding carboxylic acids is 2. The number of fused-ring (bicyclic) bond motifs is 1. The summed E-state index contributed by atoms with van der Waals surface area (Å²) < 4.78 is 5.21. The zero-order chi connectivity index (χ0) is 16.2. The van der Waals surface area contributed by atoms with Crippen LogP contribution >= 0.6 is 11.8 Å². The van der Waals surface area contributed by atoms with Crippen molar-refractivity contribution >= 4 is 34.3 Å². The molecule has 5 nitrogen and oxygen atoms in total. The van der Waals surface area contributed by atoms with Crippen molar-refractivity contribution in [1.82, 2.24) is 10.2 Å². The van der Waals surface area contributed by atoms with Crippen molar-refractivity contribution in [3.05, 3.63) is 42.0 Å². The SMILES string of the molecule is COc1ccc2cc(CNC(=O)CN3CSCC3=O)ccc2c1. The van der Waals surface area contributed by atoms with Crippen LogP contribution in [0.25, 0.3) is 10.8 Å². The molecular weight excluding hydrogens is 312 g/mol. The van der Waals surface area contributed by atoms with Crippen molar-refractivity contribution in [3.8, 4) is 5.75 Å². The molecule has 0 atom stereocenters. The summed E-state index contributed by atoms with van der Waals surface area (Å²) in [5.74, 6) is 1.80. The Balaban J connectivity index is 1.60. The zero-order valence-corrected chi connectivity index (χ0v) is 13.7. The van der Waals surface area contributed by atoms with Gasteiger partial charge in [-0.1, -0.05) is 18.2 Å². The van der Waals surface area contributed by atoms with E-state index in [0.717, 1.165) is 22.1 Å². The van der Waals surface area contributed by atoms with Gasteiger partial charge in [-0.15, -0.1) is 11.8 Å². The number of thioether (sulfide) groups is 1. The van der Waals surface area contributed by atoms with E-state index in [0.29, 0.717) is 18.2 Å². The molecular formula is C17H18N2O3S. The van der Waals surface area contributed by atoms with Gasteiger partial charge in [-0.05, 0) is 34.5 Å². The third-order valence-electron chi connectivity index (χ3n) is 3.76. The lowest BCUT2D eigenvalue weighted by molar-refractivity contribution is -0.132. The van der Waals surface area contributed by atoms with Gasteiger partial charge >= 0.3 is 0 Å². The number of methoxy groups -OCH3 is 1. The predicted molar refractivity (Wildman–Crippen MR) is 91.4 cm³/mol. The van der Waals surface area contributed by atoms with Gasteiger partial charge in [-0.25, -0.2) is 0 Å². The fourth-order valence-corrected chi connectivity index (χ4v) is 3.38. The molecule has 120 valence electrons. The van der Waals surface area contributed by atoms with Crippen LogP contribution in [0, 0.1) is 0 Å². The monoisotopic (exact) mass is 330 g/mol. The average molecular weight is 330 g/mol. The van der Waals surface area contributed by atoms with Crippen LogP contribution in [0.15, 0.2) is 36.4 Å². The molecule has 0 aliphatic carbocycles. The second kappa shape index (κ2) is 6.91. The first-order valence-electron chi connectivity index (χ1n) is 7.34. The Kier molecular flexibility index (Phi) is 4.71. The number of ether oxygens (including phenoxy) is 1. The van der Waals surface area contributed by atoms with Gasteiger partial charge in [0.1, 0.15) is 12.3 Å². The molecule has 2 aromatic carbocycles. The number of nitrogens with zero attached hydrogens (tertiary/aromatic N) is 1. The summed E-state index contributed by atoms with van der Waals surface area (Å²) in [5, 5.41) is 5.06. The van der Waals surface area contributed by atoms with E-state index in [1.165, 1.54) is 11.8 Å². The van der Waals surface area contributed by atoms with Crippen molar-refractivity contribution in [2.75, 3.05) is 25.3 Å². The minimum absolute atomic E-state index is 0.0322. The van der Waals surface area contributed by atoms with Gasteiger partial charge in [0, 0.05) is 6.54 Å². The van der Waals surface area contributed by atoms with Gasteiger partial charge in [0.2, 0.25) is 11.8 Å². The average Bonchev–Trinajstić information content (AvgIpc) is 2.97. The third-order valence-corrected chi connectivity index (χ3v) is 4.71. The molecule has 1 N–H and O–H groups in total. The maximum absolute atomic E-state index is 11.9. The van der Waals surface area contributed by atoms with E-state index in [4.69, 9.17) is 4.74 Å². The number of hydrogen-bond acceptors (Lipinski definition) is 4. The smallest absolute Gasteiger partial charge is 0.239 e. The summed E-state index contributed by atoms with van der Waals surface area (Å²) in [6.45, 7) is 0.590. The van der Waals surface area contributed by atoms with Crippen molar-refractivity contribution in [2.45, 2.75) is 6.54 Å². The molecule has 1 fully saturated rings. The molecule has 0 bridgehead atoms. The predicted octanol–water partition coefficient (Wildman–Crippen LogP) is 2.00. The highest BCUT2D eigenvalue weighted by Crippen LogP contribution is 2.21. The Hall–Kier alpha value is -2.21. The van der Waals surface area contributed by atoms with Crippen LogP contribution in [0.4, 0.5) is 0 Å². The highest BCUT2D eigenvalue weighted by Gasteiger charge is 2.22. The molecule has 1 saturated heterocycles. The van der Waals surface area contributed by atoms with Crippen LogP contribution in [0.1, 0.15) is 5.56 Å². The van der Waals surface area contributed by atoms with Crippen molar-refractivity contribution in [3.63, 3.8) is 0 Å². The number of amides is 2. The molecule has 0 saturated carbocycles. The van der Waals surface area contributed by atoms with E-state index in [1.807, 2.05) is 36.4 Å². The molecule has 1 aliphatic heterocycles. The van der Waals surface area contributed by atoms with Gasteiger partial charge in [-0.3, -0.25) is 9.59 Å². The summed E-state index contributed by atoms with van der Waals surface area (Å²) >= 11 is 1.54. The first-order chi connectivity index (χ1) is 11.2. The first-order valence-corrected chi connectivity index (χ1v) is 8.50. The van der Waals surface area contributed by atoms with Crippen LogP contribution in [0.3, 0.4) is 0 Å². The molecule has 1 aliphatic rings. The Morgan fingerprint density at radius 2 is 2.04 bits per heavy atom. The van der Waals surface area contributed by atoms with Crippen molar-refractivity contribution < 1.29 is 14.3 Å². The third kappa shape index (κ3) is 3.76. The number of nitrogens with one attached hydrogen (secondary N) is 1. The summed E-state index contributed by atoms with van der Waals surface area (Å²) in [4.78, 5) is 25.0. The fraction of sp³-hybridized carbons (Fsp3) is 0.294. The van der Waals surface area contributed by atoms with Crippen molar-refractivity contribution in [2.24, 2.45) is 0 Å². The largest absolute Gasteiger partial charge is 0.497 e. The van der Waals surface area contributed by atoms with E-state index < -0.39 is 0 Å². The highest BCUT2D eigenvalue weighted by atomic mass is 32.2. The van der Waals surface area contributed by atoms with Crippen LogP contribution in [0.2, 0.25) is 0 Å². The quantitative estimate of drug-likeness (QED) is 0.911. The lowest BCUT2D eigenvalue weighted by Crippen LogP contribution is -2.37. The maximum atomic E-state index is 11.9. The number of benzene rings is 2. The number of rotatable bonds is 5. The van der Waals surface area contributed by atoms with Gasteiger partial charge in [0.25, 0.3) is 0 Å². The highest BCUT2D eigenvalue weighted by molar-refractivity contribution is 8.00. The molecule has 0 radical (unpaired) electrons. The molecule has 1 heterocycles. The van der Waals surface area contributed by atoms with E-state index in [1.54, 1.807) is 12.0 Å². The number of carbonyl (C=O) groups is 2. The molecule has 0 aromatic heterocycles. The second-order valence-corrected chi connectivity index (χ2v) is 6.35. The lowest BCUT2D eigenvalue weighted by Gasteiger charge is -2.14. The molecule has 6 heteroatoms.